The van der Waals surface area contributed by atoms with Gasteiger partial charge in [-0.1, -0.05) is 103 Å². The van der Waals surface area contributed by atoms with E-state index in [9.17, 15) is 0 Å². The van der Waals surface area contributed by atoms with Crippen molar-refractivity contribution in [1.82, 2.24) is 0 Å². The van der Waals surface area contributed by atoms with Crippen LogP contribution in [-0.4, -0.2) is 0 Å². The van der Waals surface area contributed by atoms with Gasteiger partial charge in [-0.05, 0) is 65.0 Å². The van der Waals surface area contributed by atoms with Crippen molar-refractivity contribution in [2.45, 2.75) is 0 Å². The third-order valence-electron chi connectivity index (χ3n) is 8.46. The summed E-state index contributed by atoms with van der Waals surface area (Å²) >= 11 is 0. The Labute approximate surface area is 247 Å². The van der Waals surface area contributed by atoms with Crippen molar-refractivity contribution in [3.05, 3.63) is 152 Å². The highest BCUT2D eigenvalue weighted by atomic mass is 16.3. The van der Waals surface area contributed by atoms with Crippen LogP contribution in [-0.2, 0) is 0 Å². The Balaban J connectivity index is 1.35. The average Bonchev–Trinajstić information content (AvgIpc) is 3.65. The van der Waals surface area contributed by atoms with Crippen LogP contribution in [0.3, 0.4) is 0 Å². The molecule has 0 fully saturated rings. The highest BCUT2D eigenvalue weighted by Gasteiger charge is 2.23. The van der Waals surface area contributed by atoms with E-state index in [2.05, 4.69) is 144 Å². The molecule has 0 N–H and O–H groups in total. The minimum absolute atomic E-state index is 0.860. The zero-order valence-electron chi connectivity index (χ0n) is 23.2. The van der Waals surface area contributed by atoms with Crippen LogP contribution >= 0.6 is 0 Å². The second-order valence-corrected chi connectivity index (χ2v) is 10.9. The second kappa shape index (κ2) is 9.37. The highest BCUT2D eigenvalue weighted by Crippen LogP contribution is 2.47. The first-order chi connectivity index (χ1) is 21.3. The normalized spacial score (nSPS) is 11.7. The summed E-state index contributed by atoms with van der Waals surface area (Å²) in [6.45, 7) is 0. The summed E-state index contributed by atoms with van der Waals surface area (Å²) in [7, 11) is 0. The first-order valence-electron chi connectivity index (χ1n) is 14.5. The van der Waals surface area contributed by atoms with Crippen molar-refractivity contribution < 1.29 is 8.83 Å². The van der Waals surface area contributed by atoms with E-state index in [0.29, 0.717) is 0 Å². The lowest BCUT2D eigenvalue weighted by Crippen LogP contribution is -2.10. The summed E-state index contributed by atoms with van der Waals surface area (Å²) in [6.07, 6.45) is 0. The Morgan fingerprint density at radius 1 is 0.372 bits per heavy atom. The molecule has 0 saturated carbocycles. The number of hydrogen-bond acceptors (Lipinski definition) is 3. The molecule has 43 heavy (non-hydrogen) atoms. The van der Waals surface area contributed by atoms with Crippen molar-refractivity contribution >= 4 is 71.7 Å². The molecule has 0 saturated heterocycles. The predicted molar refractivity (Wildman–Crippen MR) is 179 cm³/mol. The van der Waals surface area contributed by atoms with Gasteiger partial charge in [0.05, 0.1) is 22.1 Å². The molecule has 0 atom stereocenters. The van der Waals surface area contributed by atoms with Crippen molar-refractivity contribution in [3.63, 3.8) is 0 Å². The summed E-state index contributed by atoms with van der Waals surface area (Å²) in [5.41, 5.74) is 9.04. The Morgan fingerprint density at radius 3 is 1.77 bits per heavy atom. The minimum Gasteiger partial charge on any atom is -0.456 e. The van der Waals surface area contributed by atoms with E-state index in [-0.39, 0.29) is 0 Å². The summed E-state index contributed by atoms with van der Waals surface area (Å²) < 4.78 is 12.9. The first kappa shape index (κ1) is 23.9. The molecular formula is C40H25NO2. The molecule has 0 bridgehead atoms. The number of anilines is 3. The number of furan rings is 2. The van der Waals surface area contributed by atoms with Gasteiger partial charge >= 0.3 is 0 Å². The summed E-state index contributed by atoms with van der Waals surface area (Å²) in [6, 6.07) is 53.0. The number of hydrogen-bond donors (Lipinski definition) is 0. The van der Waals surface area contributed by atoms with E-state index < -0.39 is 0 Å². The fraction of sp³-hybridized carbons (Fsp3) is 0. The van der Waals surface area contributed by atoms with Crippen LogP contribution < -0.4 is 4.90 Å². The molecule has 0 aliphatic rings. The Morgan fingerprint density at radius 2 is 0.977 bits per heavy atom. The SMILES string of the molecule is c1ccc(-c2ccc(N(c3cccc4oc5ccccc5c34)c3cccc4oc5c6ccccc6ccc5c34)cc2)cc1. The lowest BCUT2D eigenvalue weighted by Gasteiger charge is -2.27. The fourth-order valence-electron chi connectivity index (χ4n) is 6.51. The van der Waals surface area contributed by atoms with Crippen LogP contribution in [0.15, 0.2) is 160 Å². The quantitative estimate of drug-likeness (QED) is 0.218. The number of fused-ring (bicyclic) bond motifs is 8. The predicted octanol–water partition coefficient (Wildman–Crippen LogP) is 11.8. The third-order valence-corrected chi connectivity index (χ3v) is 8.46. The van der Waals surface area contributed by atoms with Crippen LogP contribution in [0.4, 0.5) is 17.1 Å². The van der Waals surface area contributed by atoms with Crippen LogP contribution in [0.25, 0.3) is 65.8 Å². The molecule has 2 heterocycles. The molecule has 0 spiro atoms. The molecule has 202 valence electrons. The molecule has 3 nitrogen and oxygen atoms in total. The van der Waals surface area contributed by atoms with Gasteiger partial charge in [-0.3, -0.25) is 0 Å². The van der Waals surface area contributed by atoms with Gasteiger partial charge in [0, 0.05) is 21.8 Å². The van der Waals surface area contributed by atoms with Crippen molar-refractivity contribution in [1.29, 1.82) is 0 Å². The summed E-state index contributed by atoms with van der Waals surface area (Å²) in [5, 5.41) is 6.64. The van der Waals surface area contributed by atoms with Gasteiger partial charge in [0.1, 0.15) is 22.3 Å². The van der Waals surface area contributed by atoms with Crippen LogP contribution in [0.5, 0.6) is 0 Å². The van der Waals surface area contributed by atoms with E-state index in [1.807, 2.05) is 12.1 Å². The molecule has 3 heteroatoms. The van der Waals surface area contributed by atoms with E-state index in [1.165, 1.54) is 16.5 Å². The minimum atomic E-state index is 0.860. The molecular weight excluding hydrogens is 526 g/mol. The fourth-order valence-corrected chi connectivity index (χ4v) is 6.51. The Hall–Kier alpha value is -5.80. The van der Waals surface area contributed by atoms with E-state index >= 15 is 0 Å². The van der Waals surface area contributed by atoms with Crippen LogP contribution in [0.2, 0.25) is 0 Å². The monoisotopic (exact) mass is 551 g/mol. The number of para-hydroxylation sites is 1. The van der Waals surface area contributed by atoms with Gasteiger partial charge in [-0.25, -0.2) is 0 Å². The summed E-state index contributed by atoms with van der Waals surface area (Å²) in [5.74, 6) is 0. The van der Waals surface area contributed by atoms with Gasteiger partial charge in [0.15, 0.2) is 0 Å². The van der Waals surface area contributed by atoms with Crippen LogP contribution in [0, 0.1) is 0 Å². The smallest absolute Gasteiger partial charge is 0.143 e. The van der Waals surface area contributed by atoms with E-state index in [1.54, 1.807) is 0 Å². The number of nitrogens with zero attached hydrogens (tertiary/aromatic N) is 1. The molecule has 9 rings (SSSR count). The molecule has 0 unspecified atom stereocenters. The Kier molecular flexibility index (Phi) is 5.20. The molecule has 7 aromatic carbocycles. The Bertz CT molecular complexity index is 2450. The van der Waals surface area contributed by atoms with Gasteiger partial charge in [-0.15, -0.1) is 0 Å². The first-order valence-corrected chi connectivity index (χ1v) is 14.5. The van der Waals surface area contributed by atoms with Crippen molar-refractivity contribution in [2.75, 3.05) is 4.90 Å². The maximum absolute atomic E-state index is 6.60. The molecule has 0 aliphatic heterocycles. The molecule has 0 aliphatic carbocycles. The molecule has 0 radical (unpaired) electrons. The molecule has 9 aromatic rings. The second-order valence-electron chi connectivity index (χ2n) is 10.9. The topological polar surface area (TPSA) is 29.5 Å². The standard InChI is InChI=1S/C40H25NO2/c1-2-10-26(11-3-1)27-20-23-29(24-21-27)41(33-15-8-18-36-38(33)31-14-6-7-17-35(31)42-36)34-16-9-19-37-39(34)32-25-22-28-12-4-5-13-30(28)40(32)43-37/h1-25H. The molecule has 0 amide bonds. The van der Waals surface area contributed by atoms with Crippen molar-refractivity contribution in [3.8, 4) is 11.1 Å². The zero-order valence-corrected chi connectivity index (χ0v) is 23.2. The van der Waals surface area contributed by atoms with E-state index in [0.717, 1.165) is 66.3 Å². The lowest BCUT2D eigenvalue weighted by atomic mass is 10.0. The van der Waals surface area contributed by atoms with Gasteiger partial charge in [0.2, 0.25) is 0 Å². The number of rotatable bonds is 4. The lowest BCUT2D eigenvalue weighted by molar-refractivity contribution is 0.669. The zero-order chi connectivity index (χ0) is 28.3. The number of benzene rings is 7. The third kappa shape index (κ3) is 3.68. The van der Waals surface area contributed by atoms with Crippen molar-refractivity contribution in [2.24, 2.45) is 0 Å². The van der Waals surface area contributed by atoms with Gasteiger partial charge < -0.3 is 13.7 Å². The summed E-state index contributed by atoms with van der Waals surface area (Å²) in [4.78, 5) is 2.35. The van der Waals surface area contributed by atoms with E-state index in [4.69, 9.17) is 8.83 Å². The molecule has 2 aromatic heterocycles. The highest BCUT2D eigenvalue weighted by molar-refractivity contribution is 6.21. The maximum atomic E-state index is 6.60. The maximum Gasteiger partial charge on any atom is 0.143 e. The largest absolute Gasteiger partial charge is 0.456 e. The van der Waals surface area contributed by atoms with Crippen LogP contribution in [0.1, 0.15) is 0 Å². The van der Waals surface area contributed by atoms with Gasteiger partial charge in [-0.2, -0.15) is 0 Å². The average molecular weight is 552 g/mol. The van der Waals surface area contributed by atoms with Gasteiger partial charge in [0.25, 0.3) is 0 Å².